The van der Waals surface area contributed by atoms with Gasteiger partial charge in [-0.1, -0.05) is 0 Å². The lowest BCUT2D eigenvalue weighted by molar-refractivity contribution is 0.0795. The number of rotatable bonds is 1. The van der Waals surface area contributed by atoms with Crippen molar-refractivity contribution in [3.8, 4) is 0 Å². The molecule has 0 aromatic carbocycles. The Labute approximate surface area is 98.1 Å². The van der Waals surface area contributed by atoms with Gasteiger partial charge in [0.2, 0.25) is 5.91 Å². The van der Waals surface area contributed by atoms with Crippen LogP contribution in [0.15, 0.2) is 24.9 Å². The van der Waals surface area contributed by atoms with Gasteiger partial charge in [0.15, 0.2) is 0 Å². The third-order valence-corrected chi connectivity index (χ3v) is 3.15. The molecule has 0 amide bonds. The van der Waals surface area contributed by atoms with Gasteiger partial charge < -0.3 is 10.3 Å². The molecule has 0 spiro atoms. The molecule has 3 heterocycles. The first-order valence-electron chi connectivity index (χ1n) is 5.57. The maximum absolute atomic E-state index is 12.2. The summed E-state index contributed by atoms with van der Waals surface area (Å²) in [5.74, 6) is -0.0207. The maximum atomic E-state index is 12.2. The summed E-state index contributed by atoms with van der Waals surface area (Å²) in [6.45, 7) is 0.836. The van der Waals surface area contributed by atoms with E-state index in [4.69, 9.17) is 5.73 Å². The molecule has 2 aromatic heterocycles. The van der Waals surface area contributed by atoms with Gasteiger partial charge in [-0.2, -0.15) is 5.10 Å². The second-order valence-corrected chi connectivity index (χ2v) is 4.32. The first-order chi connectivity index (χ1) is 8.24. The largest absolute Gasteiger partial charge is 0.396 e. The van der Waals surface area contributed by atoms with Gasteiger partial charge in [0.1, 0.15) is 0 Å². The summed E-state index contributed by atoms with van der Waals surface area (Å²) >= 11 is 0. The molecule has 2 aromatic rings. The fourth-order valence-corrected chi connectivity index (χ4v) is 2.22. The van der Waals surface area contributed by atoms with Crippen molar-refractivity contribution in [2.24, 2.45) is 5.92 Å². The zero-order chi connectivity index (χ0) is 11.8. The summed E-state index contributed by atoms with van der Waals surface area (Å²) in [7, 11) is 0. The molecule has 1 aliphatic rings. The number of hydrogen-bond acceptors (Lipinski definition) is 4. The van der Waals surface area contributed by atoms with Crippen LogP contribution in [0.1, 0.15) is 16.9 Å². The van der Waals surface area contributed by atoms with Crippen molar-refractivity contribution < 1.29 is 4.79 Å². The molecule has 6 heteroatoms. The zero-order valence-electron chi connectivity index (χ0n) is 9.28. The Bertz CT molecular complexity index is 556. The van der Waals surface area contributed by atoms with Crippen LogP contribution in [0.5, 0.6) is 0 Å². The quantitative estimate of drug-likeness (QED) is 0.778. The van der Waals surface area contributed by atoms with Crippen LogP contribution in [0, 0.1) is 5.92 Å². The molecule has 0 saturated heterocycles. The predicted molar refractivity (Wildman–Crippen MR) is 61.3 cm³/mol. The Morgan fingerprint density at radius 1 is 1.47 bits per heavy atom. The van der Waals surface area contributed by atoms with E-state index in [9.17, 15) is 4.79 Å². The van der Waals surface area contributed by atoms with Crippen molar-refractivity contribution >= 4 is 11.6 Å². The molecular formula is C11H13N5O. The monoisotopic (exact) mass is 231 g/mol. The van der Waals surface area contributed by atoms with E-state index in [1.807, 2.05) is 12.5 Å². The summed E-state index contributed by atoms with van der Waals surface area (Å²) in [4.78, 5) is 16.2. The van der Waals surface area contributed by atoms with E-state index in [-0.39, 0.29) is 11.8 Å². The van der Waals surface area contributed by atoms with Crippen molar-refractivity contribution in [2.75, 3.05) is 5.73 Å². The highest BCUT2D eigenvalue weighted by Gasteiger charge is 2.26. The molecule has 2 N–H and O–H groups in total. The molecule has 0 fully saturated rings. The number of imidazole rings is 1. The Morgan fingerprint density at radius 3 is 3.12 bits per heavy atom. The van der Waals surface area contributed by atoms with Crippen LogP contribution in [0.3, 0.4) is 0 Å². The van der Waals surface area contributed by atoms with Crippen LogP contribution in [0.25, 0.3) is 0 Å². The number of aromatic nitrogens is 4. The first kappa shape index (κ1) is 10.1. The lowest BCUT2D eigenvalue weighted by atomic mass is 9.95. The molecule has 3 rings (SSSR count). The van der Waals surface area contributed by atoms with Gasteiger partial charge in [-0.3, -0.25) is 4.79 Å². The molecule has 1 atom stereocenters. The Kier molecular flexibility index (Phi) is 2.21. The molecule has 1 unspecified atom stereocenters. The average molecular weight is 231 g/mol. The molecule has 1 aliphatic heterocycles. The van der Waals surface area contributed by atoms with E-state index in [0.29, 0.717) is 5.69 Å². The molecule has 0 aliphatic carbocycles. The number of hydrogen-bond donors (Lipinski definition) is 1. The van der Waals surface area contributed by atoms with Crippen LogP contribution in [0.2, 0.25) is 0 Å². The standard InChI is InChI=1S/C11H13N5O/c12-9-4-14-16(6-9)11(17)8-1-2-15-7-13-5-10(15)3-8/h4-8H,1-3,12H2. The van der Waals surface area contributed by atoms with Crippen LogP contribution in [-0.4, -0.2) is 25.2 Å². The first-order valence-corrected chi connectivity index (χ1v) is 5.57. The topological polar surface area (TPSA) is 78.7 Å². The van der Waals surface area contributed by atoms with Crippen molar-refractivity contribution in [2.45, 2.75) is 19.4 Å². The minimum absolute atomic E-state index is 0.00847. The Hall–Kier alpha value is -2.11. The van der Waals surface area contributed by atoms with E-state index in [0.717, 1.165) is 25.1 Å². The van der Waals surface area contributed by atoms with Crippen molar-refractivity contribution in [1.82, 2.24) is 19.3 Å². The van der Waals surface area contributed by atoms with Gasteiger partial charge in [-0.25, -0.2) is 9.67 Å². The third kappa shape index (κ3) is 1.71. The van der Waals surface area contributed by atoms with Crippen LogP contribution in [-0.2, 0) is 13.0 Å². The van der Waals surface area contributed by atoms with E-state index in [1.165, 1.54) is 10.9 Å². The molecular weight excluding hydrogens is 218 g/mol. The SMILES string of the molecule is Nc1cnn(C(=O)C2CCn3cncc3C2)c1. The molecule has 0 radical (unpaired) electrons. The minimum Gasteiger partial charge on any atom is -0.396 e. The second-order valence-electron chi connectivity index (χ2n) is 4.32. The van der Waals surface area contributed by atoms with E-state index in [2.05, 4.69) is 14.6 Å². The zero-order valence-corrected chi connectivity index (χ0v) is 9.28. The second kappa shape index (κ2) is 3.73. The van der Waals surface area contributed by atoms with Crippen LogP contribution in [0.4, 0.5) is 5.69 Å². The van der Waals surface area contributed by atoms with Gasteiger partial charge in [-0.15, -0.1) is 0 Å². The van der Waals surface area contributed by atoms with Gasteiger partial charge in [0.05, 0.1) is 24.4 Å². The van der Waals surface area contributed by atoms with Crippen LogP contribution >= 0.6 is 0 Å². The van der Waals surface area contributed by atoms with Crippen molar-refractivity contribution in [3.63, 3.8) is 0 Å². The number of nitrogen functional groups attached to an aromatic ring is 1. The molecule has 0 bridgehead atoms. The van der Waals surface area contributed by atoms with Gasteiger partial charge in [-0.05, 0) is 6.42 Å². The minimum atomic E-state index is -0.0292. The highest BCUT2D eigenvalue weighted by molar-refractivity contribution is 5.81. The summed E-state index contributed by atoms with van der Waals surface area (Å²) in [5, 5.41) is 3.95. The predicted octanol–water partition coefficient (Wildman–Crippen LogP) is 0.565. The van der Waals surface area contributed by atoms with E-state index in [1.54, 1.807) is 6.20 Å². The van der Waals surface area contributed by atoms with Gasteiger partial charge in [0, 0.05) is 30.8 Å². The van der Waals surface area contributed by atoms with Gasteiger partial charge >= 0.3 is 0 Å². The van der Waals surface area contributed by atoms with Gasteiger partial charge in [0.25, 0.3) is 0 Å². The Balaban J connectivity index is 1.81. The summed E-state index contributed by atoms with van der Waals surface area (Å²) < 4.78 is 3.42. The molecule has 6 nitrogen and oxygen atoms in total. The number of anilines is 1. The van der Waals surface area contributed by atoms with Crippen molar-refractivity contribution in [3.05, 3.63) is 30.6 Å². The lowest BCUT2D eigenvalue weighted by Gasteiger charge is -2.22. The van der Waals surface area contributed by atoms with Crippen LogP contribution < -0.4 is 5.73 Å². The fourth-order valence-electron chi connectivity index (χ4n) is 2.22. The highest BCUT2D eigenvalue weighted by atomic mass is 16.2. The number of fused-ring (bicyclic) bond motifs is 1. The number of nitrogens with two attached hydrogens (primary N) is 1. The van der Waals surface area contributed by atoms with E-state index >= 15 is 0 Å². The molecule has 17 heavy (non-hydrogen) atoms. The summed E-state index contributed by atoms with van der Waals surface area (Å²) in [6, 6.07) is 0. The highest BCUT2D eigenvalue weighted by Crippen LogP contribution is 2.21. The molecule has 0 saturated carbocycles. The third-order valence-electron chi connectivity index (χ3n) is 3.15. The smallest absolute Gasteiger partial charge is 0.250 e. The number of carbonyl (C=O) groups excluding carboxylic acids is 1. The average Bonchev–Trinajstić information content (AvgIpc) is 2.95. The molecule has 88 valence electrons. The lowest BCUT2D eigenvalue weighted by Crippen LogP contribution is -2.29. The van der Waals surface area contributed by atoms with E-state index < -0.39 is 0 Å². The normalized spacial score (nSPS) is 18.9. The number of nitrogens with zero attached hydrogens (tertiary/aromatic N) is 4. The Morgan fingerprint density at radius 2 is 2.35 bits per heavy atom. The number of aryl methyl sites for hydroxylation is 1. The fraction of sp³-hybridized carbons (Fsp3) is 0.364. The maximum Gasteiger partial charge on any atom is 0.250 e. The van der Waals surface area contributed by atoms with Crippen molar-refractivity contribution in [1.29, 1.82) is 0 Å². The number of carbonyl (C=O) groups is 1. The summed E-state index contributed by atoms with van der Waals surface area (Å²) in [5.41, 5.74) is 7.18. The summed E-state index contributed by atoms with van der Waals surface area (Å²) in [6.07, 6.45) is 8.22.